The van der Waals surface area contributed by atoms with Crippen LogP contribution >= 0.6 is 11.3 Å². The number of carbonyl (C=O) groups is 2. The Morgan fingerprint density at radius 3 is 2.37 bits per heavy atom. The van der Waals surface area contributed by atoms with Gasteiger partial charge in [-0.25, -0.2) is 18.0 Å². The first kappa shape index (κ1) is 49.1. The number of ether oxygens (including phenoxy) is 4. The van der Waals surface area contributed by atoms with Gasteiger partial charge in [0.15, 0.2) is 5.79 Å². The topological polar surface area (TPSA) is 173 Å². The van der Waals surface area contributed by atoms with Crippen molar-refractivity contribution < 1.29 is 47.2 Å². The lowest BCUT2D eigenvalue weighted by Gasteiger charge is -2.31. The van der Waals surface area contributed by atoms with Gasteiger partial charge in [-0.05, 0) is 126 Å². The van der Waals surface area contributed by atoms with Crippen LogP contribution in [0.1, 0.15) is 79.4 Å². The maximum absolute atomic E-state index is 14.1. The Balaban J connectivity index is 1.04. The summed E-state index contributed by atoms with van der Waals surface area (Å²) in [6, 6.07) is 29.1. The second kappa shape index (κ2) is 20.4. The molecule has 4 aromatic carbocycles. The Bertz CT molecular complexity index is 2690. The fraction of sp³-hybridized carbons (Fsp3) is 0.434. The van der Waals surface area contributed by atoms with Gasteiger partial charge < -0.3 is 39.8 Å². The van der Waals surface area contributed by atoms with Crippen molar-refractivity contribution in [3.8, 4) is 27.3 Å². The number of carboxylic acids is 1. The van der Waals surface area contributed by atoms with Crippen molar-refractivity contribution in [3.05, 3.63) is 124 Å². The third-order valence-electron chi connectivity index (χ3n) is 13.5. The number of hydrogen-bond donors (Lipinski definition) is 4. The lowest BCUT2D eigenvalue weighted by Crippen LogP contribution is -2.51. The largest absolute Gasteiger partial charge is 0.497 e. The van der Waals surface area contributed by atoms with Crippen LogP contribution in [0.5, 0.6) is 5.75 Å². The molecular formula is C53H63N3O10S2. The SMILES string of the molecule is COc1ccc(S(=O)(=O)N(CC(C)C)C[C@@H](O)[C@H](Cc2ccc(NCc3cc(-c4ccccc4)ccc3-c3sc4c(c3C(=O)O)CC(C)(C)CC4)cc2)NC(=O)O[C@H]2CO[C@@]3(C)OCC[C@@H]23)cc1. The molecule has 8 rings (SSSR count). The molecule has 3 aliphatic rings. The van der Waals surface area contributed by atoms with Crippen molar-refractivity contribution in [3.63, 3.8) is 0 Å². The molecule has 3 heterocycles. The van der Waals surface area contributed by atoms with Crippen LogP contribution in [-0.2, 0) is 50.0 Å². The predicted molar refractivity (Wildman–Crippen MR) is 264 cm³/mol. The number of rotatable bonds is 18. The molecule has 2 aliphatic heterocycles. The van der Waals surface area contributed by atoms with Crippen molar-refractivity contribution in [1.29, 1.82) is 0 Å². The Labute approximate surface area is 403 Å². The molecule has 4 N–H and O–H groups in total. The first-order valence-electron chi connectivity index (χ1n) is 23.4. The van der Waals surface area contributed by atoms with E-state index in [2.05, 4.69) is 48.7 Å². The van der Waals surface area contributed by atoms with E-state index >= 15 is 0 Å². The summed E-state index contributed by atoms with van der Waals surface area (Å²) >= 11 is 1.59. The number of nitrogens with zero attached hydrogens (tertiary/aromatic N) is 1. The Morgan fingerprint density at radius 2 is 1.68 bits per heavy atom. The smallest absolute Gasteiger partial charge is 0.407 e. The van der Waals surface area contributed by atoms with Crippen molar-refractivity contribution in [1.82, 2.24) is 9.62 Å². The normalized spacial score (nSPS) is 20.7. The van der Waals surface area contributed by atoms with Gasteiger partial charge in [0.25, 0.3) is 0 Å². The number of anilines is 1. The molecule has 1 aromatic heterocycles. The van der Waals surface area contributed by atoms with Gasteiger partial charge in [-0.3, -0.25) is 0 Å². The van der Waals surface area contributed by atoms with Crippen molar-refractivity contribution in [2.75, 3.05) is 38.7 Å². The van der Waals surface area contributed by atoms with Crippen LogP contribution in [0.15, 0.2) is 102 Å². The minimum atomic E-state index is -4.07. The first-order chi connectivity index (χ1) is 32.4. The molecule has 68 heavy (non-hydrogen) atoms. The highest BCUT2D eigenvalue weighted by Crippen LogP contribution is 2.47. The molecule has 0 saturated carbocycles. The minimum Gasteiger partial charge on any atom is -0.497 e. The van der Waals surface area contributed by atoms with E-state index in [4.69, 9.17) is 18.9 Å². The van der Waals surface area contributed by atoms with E-state index in [0.717, 1.165) is 68.1 Å². The number of amides is 1. The number of aromatic carboxylic acids is 1. The Kier molecular flexibility index (Phi) is 14.7. The molecule has 5 atom stereocenters. The third kappa shape index (κ3) is 10.9. The molecule has 5 aromatic rings. The molecule has 0 radical (unpaired) electrons. The number of sulfonamides is 1. The number of benzene rings is 4. The van der Waals surface area contributed by atoms with Gasteiger partial charge in [0.1, 0.15) is 11.9 Å². The fourth-order valence-corrected chi connectivity index (χ4v) is 12.7. The molecular weight excluding hydrogens is 903 g/mol. The molecule has 1 amide bonds. The van der Waals surface area contributed by atoms with E-state index in [0.29, 0.717) is 30.9 Å². The lowest BCUT2D eigenvalue weighted by molar-refractivity contribution is -0.181. The van der Waals surface area contributed by atoms with Crippen LogP contribution < -0.4 is 15.4 Å². The quantitative estimate of drug-likeness (QED) is 0.0659. The van der Waals surface area contributed by atoms with Gasteiger partial charge in [-0.15, -0.1) is 11.3 Å². The van der Waals surface area contributed by atoms with E-state index < -0.39 is 46.1 Å². The van der Waals surface area contributed by atoms with Gasteiger partial charge >= 0.3 is 12.1 Å². The zero-order chi connectivity index (χ0) is 48.4. The maximum atomic E-state index is 14.1. The van der Waals surface area contributed by atoms with Crippen LogP contribution in [0.25, 0.3) is 21.6 Å². The van der Waals surface area contributed by atoms with E-state index in [9.17, 15) is 28.2 Å². The summed E-state index contributed by atoms with van der Waals surface area (Å²) in [6.45, 7) is 11.0. The van der Waals surface area contributed by atoms with Gasteiger partial charge in [0, 0.05) is 35.1 Å². The minimum absolute atomic E-state index is 0.0197. The summed E-state index contributed by atoms with van der Waals surface area (Å²) in [5, 5.41) is 29.1. The van der Waals surface area contributed by atoms with E-state index in [1.807, 2.05) is 69.3 Å². The molecule has 0 spiro atoms. The van der Waals surface area contributed by atoms with E-state index in [1.54, 1.807) is 23.5 Å². The van der Waals surface area contributed by atoms with Gasteiger partial charge in [0.05, 0.1) is 48.8 Å². The zero-order valence-electron chi connectivity index (χ0n) is 39.6. The first-order valence-corrected chi connectivity index (χ1v) is 25.7. The summed E-state index contributed by atoms with van der Waals surface area (Å²) in [5.41, 5.74) is 6.86. The molecule has 0 bridgehead atoms. The molecule has 2 saturated heterocycles. The molecule has 362 valence electrons. The van der Waals surface area contributed by atoms with Gasteiger partial charge in [-0.1, -0.05) is 82.3 Å². The van der Waals surface area contributed by atoms with Crippen LogP contribution in [0.2, 0.25) is 0 Å². The average molecular weight is 966 g/mol. The standard InChI is InChI=1S/C53H63N3O10S2/c1-33(2)30-56(68(61,62)40-19-17-39(63-6)18-20-40)31-45(57)44(55-51(60)66-46-32-65-53(5)43(46)23-25-64-53)26-34-12-15-38(16-13-34)54-29-37-27-36(35-10-8-7-9-11-35)14-21-41(37)49-48(50(58)59)42-28-52(3,4)24-22-47(42)67-49/h7-21,27,33,43-46,54,57H,22-26,28-32H2,1-6H3,(H,55,60)(H,58,59)/t43-,44-,45+,46-,53+/m0/s1. The molecule has 13 nitrogen and oxygen atoms in total. The van der Waals surface area contributed by atoms with Crippen molar-refractivity contribution in [2.45, 2.75) is 102 Å². The number of aliphatic hydroxyl groups is 1. The molecule has 1 aliphatic carbocycles. The number of carbonyl (C=O) groups excluding carboxylic acids is 1. The van der Waals surface area contributed by atoms with Crippen molar-refractivity contribution >= 4 is 39.1 Å². The van der Waals surface area contributed by atoms with E-state index in [1.165, 1.54) is 23.5 Å². The predicted octanol–water partition coefficient (Wildman–Crippen LogP) is 9.41. The fourth-order valence-electron chi connectivity index (χ4n) is 9.74. The second-order valence-corrected chi connectivity index (χ2v) is 22.6. The van der Waals surface area contributed by atoms with Crippen LogP contribution in [0.4, 0.5) is 10.5 Å². The highest BCUT2D eigenvalue weighted by molar-refractivity contribution is 7.89. The Hall–Kier alpha value is -5.29. The number of nitrogens with one attached hydrogen (secondary N) is 2. The summed E-state index contributed by atoms with van der Waals surface area (Å²) in [6.07, 6.45) is 0.764. The molecule has 0 unspecified atom stereocenters. The van der Waals surface area contributed by atoms with Crippen LogP contribution in [0.3, 0.4) is 0 Å². The number of thiophene rings is 1. The van der Waals surface area contributed by atoms with Crippen molar-refractivity contribution in [2.24, 2.45) is 17.3 Å². The number of methoxy groups -OCH3 is 1. The third-order valence-corrected chi connectivity index (χ3v) is 16.7. The summed E-state index contributed by atoms with van der Waals surface area (Å²) in [4.78, 5) is 28.6. The number of aryl methyl sites for hydroxylation is 1. The monoisotopic (exact) mass is 965 g/mol. The number of carboxylic acid groups (broad SMARTS) is 1. The maximum Gasteiger partial charge on any atom is 0.407 e. The van der Waals surface area contributed by atoms with Crippen LogP contribution in [0, 0.1) is 17.3 Å². The summed E-state index contributed by atoms with van der Waals surface area (Å²) < 4.78 is 52.3. The average Bonchev–Trinajstić information content (AvgIpc) is 3.98. The number of fused-ring (bicyclic) bond motifs is 2. The van der Waals surface area contributed by atoms with E-state index in [-0.39, 0.29) is 48.3 Å². The highest BCUT2D eigenvalue weighted by Gasteiger charge is 2.53. The molecule has 2 fully saturated rings. The highest BCUT2D eigenvalue weighted by atomic mass is 32.2. The number of hydrogen-bond acceptors (Lipinski definition) is 11. The number of alkyl carbamates (subject to hydrolysis) is 1. The Morgan fingerprint density at radius 1 is 0.941 bits per heavy atom. The summed E-state index contributed by atoms with van der Waals surface area (Å²) in [5.74, 6) is -1.45. The second-order valence-electron chi connectivity index (χ2n) is 19.6. The summed E-state index contributed by atoms with van der Waals surface area (Å²) in [7, 11) is -2.56. The van der Waals surface area contributed by atoms with Gasteiger partial charge in [-0.2, -0.15) is 4.31 Å². The lowest BCUT2D eigenvalue weighted by atomic mass is 9.76. The van der Waals surface area contributed by atoms with Gasteiger partial charge in [0.2, 0.25) is 10.0 Å². The number of aliphatic hydroxyl groups excluding tert-OH is 1. The van der Waals surface area contributed by atoms with Crippen LogP contribution in [-0.4, -0.2) is 92.4 Å². The zero-order valence-corrected chi connectivity index (χ0v) is 41.3. The molecule has 15 heteroatoms.